The van der Waals surface area contributed by atoms with Crippen molar-refractivity contribution in [3.8, 4) is 0 Å². The molecule has 0 atom stereocenters. The molecule has 1 amide bonds. The van der Waals surface area contributed by atoms with Gasteiger partial charge in [0.2, 0.25) is 0 Å². The average molecular weight is 324 g/mol. The van der Waals surface area contributed by atoms with Crippen LogP contribution in [0.25, 0.3) is 0 Å². The summed E-state index contributed by atoms with van der Waals surface area (Å²) in [6.45, 7) is 4.21. The van der Waals surface area contributed by atoms with Gasteiger partial charge in [0.1, 0.15) is 5.69 Å². The Bertz CT molecular complexity index is 666. The van der Waals surface area contributed by atoms with Crippen LogP contribution in [0.5, 0.6) is 0 Å². The number of anilines is 1. The highest BCUT2D eigenvalue weighted by Crippen LogP contribution is 2.20. The van der Waals surface area contributed by atoms with Crippen molar-refractivity contribution in [3.63, 3.8) is 0 Å². The summed E-state index contributed by atoms with van der Waals surface area (Å²) >= 11 is 0. The molecule has 0 bridgehead atoms. The number of nitrogens with one attached hydrogen (secondary N) is 1. The number of primary amides is 1. The fourth-order valence-electron chi connectivity index (χ4n) is 3.13. The SMILES string of the molecule is NC(=O)c1cc(NCC2CCN(Cc3ccccc3)CC2)ccn1. The lowest BCUT2D eigenvalue weighted by atomic mass is 9.96. The third kappa shape index (κ3) is 4.55. The van der Waals surface area contributed by atoms with Gasteiger partial charge in [-0.15, -0.1) is 0 Å². The van der Waals surface area contributed by atoms with Gasteiger partial charge >= 0.3 is 0 Å². The Balaban J connectivity index is 1.44. The van der Waals surface area contributed by atoms with Crippen LogP contribution in [-0.2, 0) is 6.54 Å². The van der Waals surface area contributed by atoms with E-state index in [0.29, 0.717) is 11.6 Å². The quantitative estimate of drug-likeness (QED) is 0.856. The summed E-state index contributed by atoms with van der Waals surface area (Å²) in [4.78, 5) is 17.7. The number of carbonyl (C=O) groups excluding carboxylic acids is 1. The largest absolute Gasteiger partial charge is 0.385 e. The summed E-state index contributed by atoms with van der Waals surface area (Å²) < 4.78 is 0. The van der Waals surface area contributed by atoms with Crippen molar-refractivity contribution in [3.05, 3.63) is 59.9 Å². The Morgan fingerprint density at radius 1 is 1.21 bits per heavy atom. The molecular weight excluding hydrogens is 300 g/mol. The molecule has 0 saturated carbocycles. The number of hydrogen-bond acceptors (Lipinski definition) is 4. The molecule has 1 aromatic carbocycles. The van der Waals surface area contributed by atoms with Crippen LogP contribution in [0.1, 0.15) is 28.9 Å². The number of piperidine rings is 1. The van der Waals surface area contributed by atoms with Crippen LogP contribution in [0.2, 0.25) is 0 Å². The molecule has 1 aliphatic rings. The first-order chi connectivity index (χ1) is 11.7. The number of nitrogens with two attached hydrogens (primary N) is 1. The zero-order valence-electron chi connectivity index (χ0n) is 13.8. The molecule has 126 valence electrons. The van der Waals surface area contributed by atoms with E-state index in [1.807, 2.05) is 6.07 Å². The maximum Gasteiger partial charge on any atom is 0.267 e. The van der Waals surface area contributed by atoms with Crippen LogP contribution in [0.3, 0.4) is 0 Å². The van der Waals surface area contributed by atoms with E-state index in [9.17, 15) is 4.79 Å². The van der Waals surface area contributed by atoms with Crippen molar-refractivity contribution in [2.24, 2.45) is 11.7 Å². The van der Waals surface area contributed by atoms with Crippen LogP contribution in [0.4, 0.5) is 5.69 Å². The molecular formula is C19H24N4O. The zero-order valence-corrected chi connectivity index (χ0v) is 13.8. The van der Waals surface area contributed by atoms with E-state index in [-0.39, 0.29) is 0 Å². The summed E-state index contributed by atoms with van der Waals surface area (Å²) in [7, 11) is 0. The van der Waals surface area contributed by atoms with Crippen LogP contribution >= 0.6 is 0 Å². The molecule has 24 heavy (non-hydrogen) atoms. The minimum atomic E-state index is -0.493. The normalized spacial score (nSPS) is 16.0. The van der Waals surface area contributed by atoms with E-state index in [2.05, 4.69) is 45.5 Å². The lowest BCUT2D eigenvalue weighted by molar-refractivity contribution is 0.0995. The maximum atomic E-state index is 11.2. The summed E-state index contributed by atoms with van der Waals surface area (Å²) in [6, 6.07) is 14.2. The molecule has 3 rings (SSSR count). The summed E-state index contributed by atoms with van der Waals surface area (Å²) in [5, 5.41) is 3.41. The monoisotopic (exact) mass is 324 g/mol. The molecule has 0 unspecified atom stereocenters. The minimum Gasteiger partial charge on any atom is -0.385 e. The smallest absolute Gasteiger partial charge is 0.267 e. The molecule has 1 aliphatic heterocycles. The Morgan fingerprint density at radius 2 is 1.96 bits per heavy atom. The second kappa shape index (κ2) is 7.93. The summed E-state index contributed by atoms with van der Waals surface area (Å²) in [5.74, 6) is 0.162. The second-order valence-corrected chi connectivity index (χ2v) is 6.38. The molecule has 0 spiro atoms. The van der Waals surface area contributed by atoms with Gasteiger partial charge in [0.25, 0.3) is 5.91 Å². The predicted molar refractivity (Wildman–Crippen MR) is 95.7 cm³/mol. The molecule has 0 radical (unpaired) electrons. The summed E-state index contributed by atoms with van der Waals surface area (Å²) in [6.07, 6.45) is 3.99. The fraction of sp³-hybridized carbons (Fsp3) is 0.368. The average Bonchev–Trinajstić information content (AvgIpc) is 2.62. The number of pyridine rings is 1. The third-order valence-corrected chi connectivity index (χ3v) is 4.56. The van der Waals surface area contributed by atoms with Crippen LogP contribution < -0.4 is 11.1 Å². The molecule has 2 heterocycles. The summed E-state index contributed by atoms with van der Waals surface area (Å²) in [5.41, 5.74) is 7.86. The van der Waals surface area contributed by atoms with Crippen molar-refractivity contribution in [2.45, 2.75) is 19.4 Å². The minimum absolute atomic E-state index is 0.303. The predicted octanol–water partition coefficient (Wildman–Crippen LogP) is 2.50. The number of nitrogens with zero attached hydrogens (tertiary/aromatic N) is 2. The molecule has 2 aromatic rings. The number of aromatic nitrogens is 1. The number of carbonyl (C=O) groups is 1. The number of amides is 1. The van der Waals surface area contributed by atoms with E-state index in [1.54, 1.807) is 12.3 Å². The fourth-order valence-corrected chi connectivity index (χ4v) is 3.13. The van der Waals surface area contributed by atoms with Crippen LogP contribution in [0.15, 0.2) is 48.7 Å². The molecule has 3 N–H and O–H groups in total. The number of benzene rings is 1. The third-order valence-electron chi connectivity index (χ3n) is 4.56. The van der Waals surface area contributed by atoms with Gasteiger partial charge in [-0.1, -0.05) is 30.3 Å². The Hall–Kier alpha value is -2.40. The first-order valence-electron chi connectivity index (χ1n) is 8.47. The van der Waals surface area contributed by atoms with Crippen molar-refractivity contribution in [1.29, 1.82) is 0 Å². The molecule has 1 aromatic heterocycles. The Labute approximate surface area is 142 Å². The van der Waals surface area contributed by atoms with E-state index in [1.165, 1.54) is 18.4 Å². The Morgan fingerprint density at radius 3 is 2.67 bits per heavy atom. The number of rotatable bonds is 6. The molecule has 0 aliphatic carbocycles. The van der Waals surface area contributed by atoms with Crippen molar-refractivity contribution in [1.82, 2.24) is 9.88 Å². The van der Waals surface area contributed by atoms with Crippen molar-refractivity contribution < 1.29 is 4.79 Å². The van der Waals surface area contributed by atoms with Crippen molar-refractivity contribution >= 4 is 11.6 Å². The van der Waals surface area contributed by atoms with Crippen LogP contribution in [-0.4, -0.2) is 35.4 Å². The lowest BCUT2D eigenvalue weighted by Crippen LogP contribution is -2.35. The standard InChI is InChI=1S/C19H24N4O/c20-19(24)18-12-17(6-9-21-18)22-13-15-7-10-23(11-8-15)14-16-4-2-1-3-5-16/h1-6,9,12,15H,7-8,10-11,13-14H2,(H2,20,24)(H,21,22). The maximum absolute atomic E-state index is 11.2. The highest BCUT2D eigenvalue weighted by molar-refractivity contribution is 5.91. The van der Waals surface area contributed by atoms with Crippen LogP contribution in [0, 0.1) is 5.92 Å². The van der Waals surface area contributed by atoms with Gasteiger partial charge in [0.05, 0.1) is 0 Å². The van der Waals surface area contributed by atoms with Gasteiger partial charge < -0.3 is 11.1 Å². The van der Waals surface area contributed by atoms with Gasteiger partial charge in [-0.05, 0) is 49.5 Å². The van der Waals surface area contributed by atoms with E-state index in [0.717, 1.165) is 31.9 Å². The molecule has 5 heteroatoms. The second-order valence-electron chi connectivity index (χ2n) is 6.38. The van der Waals surface area contributed by atoms with Gasteiger partial charge in [-0.2, -0.15) is 0 Å². The number of likely N-dealkylation sites (tertiary alicyclic amines) is 1. The van der Waals surface area contributed by atoms with E-state index in [4.69, 9.17) is 5.73 Å². The van der Waals surface area contributed by atoms with Gasteiger partial charge in [-0.3, -0.25) is 14.7 Å². The van der Waals surface area contributed by atoms with E-state index < -0.39 is 5.91 Å². The molecule has 1 saturated heterocycles. The van der Waals surface area contributed by atoms with Gasteiger partial charge in [0.15, 0.2) is 0 Å². The topological polar surface area (TPSA) is 71.2 Å². The molecule has 1 fully saturated rings. The molecule has 5 nitrogen and oxygen atoms in total. The Kier molecular flexibility index (Phi) is 5.43. The highest BCUT2D eigenvalue weighted by atomic mass is 16.1. The van der Waals surface area contributed by atoms with Gasteiger partial charge in [-0.25, -0.2) is 0 Å². The number of hydrogen-bond donors (Lipinski definition) is 2. The van der Waals surface area contributed by atoms with Crippen molar-refractivity contribution in [2.75, 3.05) is 25.0 Å². The highest BCUT2D eigenvalue weighted by Gasteiger charge is 2.19. The lowest BCUT2D eigenvalue weighted by Gasteiger charge is -2.32. The first kappa shape index (κ1) is 16.5. The van der Waals surface area contributed by atoms with E-state index >= 15 is 0 Å². The van der Waals surface area contributed by atoms with Gasteiger partial charge in [0, 0.05) is 25.0 Å². The first-order valence-corrected chi connectivity index (χ1v) is 8.47. The zero-order chi connectivity index (χ0) is 16.8.